The first-order chi connectivity index (χ1) is 14.1. The highest BCUT2D eigenvalue weighted by molar-refractivity contribution is 7.92. The molecule has 0 unspecified atom stereocenters. The average molecular weight is 431 g/mol. The fraction of sp³-hybridized carbons (Fsp3) is 0.435. The Kier molecular flexibility index (Phi) is 6.41. The summed E-state index contributed by atoms with van der Waals surface area (Å²) in [7, 11) is -3.67. The minimum absolute atomic E-state index is 0.00530. The molecule has 6 nitrogen and oxygen atoms in total. The highest BCUT2D eigenvalue weighted by atomic mass is 32.2. The molecular weight excluding hydrogens is 400 g/mol. The predicted octanol–water partition coefficient (Wildman–Crippen LogP) is 3.68. The number of carbonyl (C=O) groups is 1. The third-order valence-corrected chi connectivity index (χ3v) is 6.79. The molecule has 1 amide bonds. The normalized spacial score (nSPS) is 14.2. The molecule has 0 saturated heterocycles. The maximum Gasteiger partial charge on any atom is 0.264 e. The van der Waals surface area contributed by atoms with Crippen LogP contribution in [0.1, 0.15) is 38.3 Å². The van der Waals surface area contributed by atoms with E-state index in [0.717, 1.165) is 24.1 Å². The van der Waals surface area contributed by atoms with Crippen molar-refractivity contribution in [3.8, 4) is 5.75 Å². The second-order valence-corrected chi connectivity index (χ2v) is 10.7. The van der Waals surface area contributed by atoms with Crippen LogP contribution in [0.3, 0.4) is 0 Å². The van der Waals surface area contributed by atoms with E-state index >= 15 is 0 Å². The van der Waals surface area contributed by atoms with E-state index < -0.39 is 10.0 Å². The first kappa shape index (κ1) is 22.2. The number of nitrogens with zero attached hydrogens (tertiary/aromatic N) is 1. The molecule has 2 aromatic rings. The van der Waals surface area contributed by atoms with Crippen molar-refractivity contribution in [2.45, 2.75) is 45.4 Å². The Labute approximate surface area is 179 Å². The van der Waals surface area contributed by atoms with Crippen molar-refractivity contribution >= 4 is 21.6 Å². The summed E-state index contributed by atoms with van der Waals surface area (Å²) in [6.07, 6.45) is 1.67. The smallest absolute Gasteiger partial charge is 0.264 e. The lowest BCUT2D eigenvalue weighted by Crippen LogP contribution is -2.35. The summed E-state index contributed by atoms with van der Waals surface area (Å²) in [5.41, 5.74) is 2.46. The molecule has 0 atom stereocenters. The summed E-state index contributed by atoms with van der Waals surface area (Å²) in [6, 6.07) is 12.4. The van der Waals surface area contributed by atoms with Crippen molar-refractivity contribution in [3.63, 3.8) is 0 Å². The molecule has 7 heteroatoms. The number of para-hydroxylation sites is 1. The van der Waals surface area contributed by atoms with Crippen molar-refractivity contribution in [2.75, 3.05) is 24.0 Å². The van der Waals surface area contributed by atoms with Gasteiger partial charge in [-0.1, -0.05) is 39.0 Å². The molecular formula is C23H30N2O4S. The van der Waals surface area contributed by atoms with Gasteiger partial charge in [0.15, 0.2) is 6.61 Å². The molecule has 0 fully saturated rings. The number of nitrogens with one attached hydrogen (secondary N) is 1. The Morgan fingerprint density at radius 3 is 2.60 bits per heavy atom. The first-order valence-electron chi connectivity index (χ1n) is 10.2. The van der Waals surface area contributed by atoms with Crippen LogP contribution in [0.15, 0.2) is 47.4 Å². The van der Waals surface area contributed by atoms with Crippen LogP contribution in [0.25, 0.3) is 0 Å². The molecule has 1 heterocycles. The fourth-order valence-corrected chi connectivity index (χ4v) is 5.01. The van der Waals surface area contributed by atoms with Gasteiger partial charge in [-0.2, -0.15) is 0 Å². The molecule has 3 rings (SSSR count). The van der Waals surface area contributed by atoms with E-state index in [1.54, 1.807) is 25.1 Å². The number of aryl methyl sites for hydroxylation is 2. The molecule has 0 aromatic heterocycles. The maximum absolute atomic E-state index is 13.3. The third kappa shape index (κ3) is 5.14. The van der Waals surface area contributed by atoms with Crippen LogP contribution in [0, 0.1) is 12.3 Å². The Hall–Kier alpha value is -2.54. The monoisotopic (exact) mass is 430 g/mol. The van der Waals surface area contributed by atoms with Gasteiger partial charge < -0.3 is 10.1 Å². The van der Waals surface area contributed by atoms with Crippen molar-refractivity contribution in [1.29, 1.82) is 0 Å². The second-order valence-electron chi connectivity index (χ2n) is 8.86. The summed E-state index contributed by atoms with van der Waals surface area (Å²) >= 11 is 0. The lowest BCUT2D eigenvalue weighted by atomic mass is 9.97. The van der Waals surface area contributed by atoms with E-state index in [1.807, 2.05) is 45.0 Å². The van der Waals surface area contributed by atoms with Crippen molar-refractivity contribution in [2.24, 2.45) is 5.41 Å². The molecule has 1 N–H and O–H groups in total. The van der Waals surface area contributed by atoms with Crippen LogP contribution in [0.4, 0.5) is 5.69 Å². The molecule has 162 valence electrons. The second kappa shape index (κ2) is 8.68. The van der Waals surface area contributed by atoms with E-state index in [9.17, 15) is 13.2 Å². The van der Waals surface area contributed by atoms with Gasteiger partial charge in [-0.15, -0.1) is 0 Å². The summed E-state index contributed by atoms with van der Waals surface area (Å²) in [5.74, 6) is 0.296. The predicted molar refractivity (Wildman–Crippen MR) is 118 cm³/mol. The minimum Gasteiger partial charge on any atom is -0.484 e. The lowest BCUT2D eigenvalue weighted by Gasteiger charge is -2.30. The number of fused-ring (bicyclic) bond motifs is 1. The number of benzene rings is 2. The molecule has 30 heavy (non-hydrogen) atoms. The van der Waals surface area contributed by atoms with Crippen LogP contribution in [0.2, 0.25) is 0 Å². The van der Waals surface area contributed by atoms with E-state index in [-0.39, 0.29) is 22.8 Å². The number of carbonyl (C=O) groups excluding carboxylic acids is 1. The zero-order valence-electron chi connectivity index (χ0n) is 18.1. The number of anilines is 1. The summed E-state index contributed by atoms with van der Waals surface area (Å²) in [6.45, 7) is 8.82. The molecule has 0 spiro atoms. The van der Waals surface area contributed by atoms with Crippen LogP contribution in [0.5, 0.6) is 5.75 Å². The zero-order chi connectivity index (χ0) is 21.9. The molecule has 0 aliphatic carbocycles. The Morgan fingerprint density at radius 2 is 1.90 bits per heavy atom. The molecule has 1 aliphatic heterocycles. The largest absolute Gasteiger partial charge is 0.484 e. The summed E-state index contributed by atoms with van der Waals surface area (Å²) in [5, 5.41) is 2.83. The maximum atomic E-state index is 13.3. The van der Waals surface area contributed by atoms with Crippen molar-refractivity contribution < 1.29 is 17.9 Å². The van der Waals surface area contributed by atoms with Gasteiger partial charge >= 0.3 is 0 Å². The SMILES string of the molecule is Cc1cc(S(=O)(=O)N2CCCc3ccccc32)ccc1OCC(=O)NCC(C)(C)C. The van der Waals surface area contributed by atoms with Gasteiger partial charge in [0.25, 0.3) is 15.9 Å². The quantitative estimate of drug-likeness (QED) is 0.759. The lowest BCUT2D eigenvalue weighted by molar-refractivity contribution is -0.123. The van der Waals surface area contributed by atoms with E-state index in [4.69, 9.17) is 4.74 Å². The van der Waals surface area contributed by atoms with Gasteiger partial charge in [-0.05, 0) is 60.6 Å². The summed E-state index contributed by atoms with van der Waals surface area (Å²) < 4.78 is 33.7. The standard InChI is InChI=1S/C23H30N2O4S/c1-17-14-19(11-12-21(17)29-15-22(26)24-16-23(2,3)4)30(27,28)25-13-7-9-18-8-5-6-10-20(18)25/h5-6,8,10-12,14H,7,9,13,15-16H2,1-4H3,(H,24,26). The number of ether oxygens (including phenoxy) is 1. The van der Waals surface area contributed by atoms with Crippen molar-refractivity contribution in [1.82, 2.24) is 5.32 Å². The first-order valence-corrected chi connectivity index (χ1v) is 11.6. The highest BCUT2D eigenvalue weighted by Gasteiger charge is 2.29. The van der Waals surface area contributed by atoms with Gasteiger partial charge in [0.2, 0.25) is 0 Å². The minimum atomic E-state index is -3.67. The zero-order valence-corrected chi connectivity index (χ0v) is 18.9. The summed E-state index contributed by atoms with van der Waals surface area (Å²) in [4.78, 5) is 12.2. The average Bonchev–Trinajstić information content (AvgIpc) is 2.70. The number of hydrogen-bond acceptors (Lipinski definition) is 4. The Morgan fingerprint density at radius 1 is 1.17 bits per heavy atom. The number of amides is 1. The topological polar surface area (TPSA) is 75.7 Å². The highest BCUT2D eigenvalue weighted by Crippen LogP contribution is 2.33. The van der Waals surface area contributed by atoms with Gasteiger partial charge in [-0.3, -0.25) is 9.10 Å². The number of hydrogen-bond donors (Lipinski definition) is 1. The van der Waals surface area contributed by atoms with Gasteiger partial charge in [0.05, 0.1) is 10.6 Å². The van der Waals surface area contributed by atoms with Gasteiger partial charge in [-0.25, -0.2) is 8.42 Å². The van der Waals surface area contributed by atoms with Crippen LogP contribution < -0.4 is 14.4 Å². The Bertz CT molecular complexity index is 1030. The van der Waals surface area contributed by atoms with Crippen LogP contribution in [-0.2, 0) is 21.2 Å². The van der Waals surface area contributed by atoms with Crippen LogP contribution >= 0.6 is 0 Å². The molecule has 0 saturated carbocycles. The van der Waals surface area contributed by atoms with Crippen molar-refractivity contribution in [3.05, 3.63) is 53.6 Å². The van der Waals surface area contributed by atoms with E-state index in [2.05, 4.69) is 5.32 Å². The molecule has 2 aromatic carbocycles. The third-order valence-electron chi connectivity index (χ3n) is 4.98. The van der Waals surface area contributed by atoms with Gasteiger partial charge in [0.1, 0.15) is 5.75 Å². The molecule has 0 radical (unpaired) electrons. The van der Waals surface area contributed by atoms with E-state index in [0.29, 0.717) is 24.4 Å². The van der Waals surface area contributed by atoms with Gasteiger partial charge in [0, 0.05) is 13.1 Å². The molecule has 0 bridgehead atoms. The van der Waals surface area contributed by atoms with E-state index in [1.165, 1.54) is 4.31 Å². The number of rotatable bonds is 6. The van der Waals surface area contributed by atoms with Crippen LogP contribution in [-0.4, -0.2) is 34.0 Å². The number of sulfonamides is 1. The fourth-order valence-electron chi connectivity index (χ4n) is 3.38. The molecule has 1 aliphatic rings. The Balaban J connectivity index is 1.73.